The van der Waals surface area contributed by atoms with Crippen molar-refractivity contribution in [3.05, 3.63) is 16.1 Å². The summed E-state index contributed by atoms with van der Waals surface area (Å²) in [5.74, 6) is -0.137. The molecule has 1 unspecified atom stereocenters. The number of carbonyl (C=O) groups is 2. The first kappa shape index (κ1) is 14.0. The maximum Gasteiger partial charge on any atom is 0.248 e. The van der Waals surface area contributed by atoms with Crippen molar-refractivity contribution in [1.29, 1.82) is 0 Å². The van der Waals surface area contributed by atoms with Crippen LogP contribution in [0.5, 0.6) is 0 Å². The third-order valence-corrected chi connectivity index (χ3v) is 4.42. The zero-order valence-corrected chi connectivity index (χ0v) is 12.5. The van der Waals surface area contributed by atoms with Gasteiger partial charge in [0.15, 0.2) is 0 Å². The Morgan fingerprint density at radius 2 is 2.16 bits per heavy atom. The van der Waals surface area contributed by atoms with Gasteiger partial charge in [-0.05, 0) is 27.7 Å². The molecule has 0 bridgehead atoms. The number of nitrogens with zero attached hydrogens (tertiary/aromatic N) is 2. The van der Waals surface area contributed by atoms with Crippen molar-refractivity contribution in [2.24, 2.45) is 0 Å². The molecule has 0 radical (unpaired) electrons. The van der Waals surface area contributed by atoms with Crippen LogP contribution in [0.4, 0.5) is 0 Å². The van der Waals surface area contributed by atoms with E-state index in [-0.39, 0.29) is 17.9 Å². The minimum atomic E-state index is -0.853. The summed E-state index contributed by atoms with van der Waals surface area (Å²) >= 11 is 1.55. The van der Waals surface area contributed by atoms with Gasteiger partial charge >= 0.3 is 0 Å². The van der Waals surface area contributed by atoms with Gasteiger partial charge in [-0.2, -0.15) is 0 Å². The van der Waals surface area contributed by atoms with Crippen LogP contribution < -0.4 is 5.32 Å². The normalized spacial score (nSPS) is 20.9. The molecule has 19 heavy (non-hydrogen) atoms. The molecule has 0 spiro atoms. The first-order valence-electron chi connectivity index (χ1n) is 6.35. The maximum absolute atomic E-state index is 12.5. The first-order valence-corrected chi connectivity index (χ1v) is 7.23. The van der Waals surface area contributed by atoms with E-state index in [4.69, 9.17) is 0 Å². The molecule has 0 aliphatic carbocycles. The highest BCUT2D eigenvalue weighted by Gasteiger charge is 2.39. The molecule has 1 saturated heterocycles. The molecule has 1 aliphatic rings. The van der Waals surface area contributed by atoms with E-state index in [1.54, 1.807) is 30.1 Å². The van der Waals surface area contributed by atoms with E-state index in [2.05, 4.69) is 10.3 Å². The van der Waals surface area contributed by atoms with Gasteiger partial charge in [-0.15, -0.1) is 11.3 Å². The van der Waals surface area contributed by atoms with Crippen molar-refractivity contribution in [2.75, 3.05) is 6.54 Å². The lowest BCUT2D eigenvalue weighted by atomic mass is 10.0. The Labute approximate surface area is 117 Å². The minimum absolute atomic E-state index is 0.0568. The van der Waals surface area contributed by atoms with Crippen LogP contribution in [0, 0.1) is 6.92 Å². The Kier molecular flexibility index (Phi) is 3.62. The van der Waals surface area contributed by atoms with E-state index in [0.29, 0.717) is 13.0 Å². The summed E-state index contributed by atoms with van der Waals surface area (Å²) in [4.78, 5) is 30.4. The number of thiazole rings is 1. The number of aromatic nitrogens is 1. The van der Waals surface area contributed by atoms with E-state index in [1.807, 2.05) is 19.2 Å². The SMILES string of the molecule is Cc1csc(C(C)N2CCC(=O)NC(C)(C)C2=O)n1. The smallest absolute Gasteiger partial charge is 0.248 e. The lowest BCUT2D eigenvalue weighted by molar-refractivity contribution is -0.139. The molecule has 1 aromatic heterocycles. The molecule has 1 fully saturated rings. The predicted octanol–water partition coefficient (Wildman–Crippen LogP) is 1.64. The monoisotopic (exact) mass is 281 g/mol. The van der Waals surface area contributed by atoms with Crippen LogP contribution in [0.15, 0.2) is 5.38 Å². The number of carbonyl (C=O) groups excluding carboxylic acids is 2. The molecule has 1 aromatic rings. The van der Waals surface area contributed by atoms with E-state index >= 15 is 0 Å². The van der Waals surface area contributed by atoms with Gasteiger partial charge in [-0.25, -0.2) is 4.98 Å². The Morgan fingerprint density at radius 1 is 1.47 bits per heavy atom. The van der Waals surface area contributed by atoms with Gasteiger partial charge in [0.1, 0.15) is 10.5 Å². The summed E-state index contributed by atoms with van der Waals surface area (Å²) < 4.78 is 0. The molecule has 0 saturated carbocycles. The van der Waals surface area contributed by atoms with Crippen molar-refractivity contribution in [1.82, 2.24) is 15.2 Å². The molecular weight excluding hydrogens is 262 g/mol. The van der Waals surface area contributed by atoms with E-state index in [1.165, 1.54) is 0 Å². The van der Waals surface area contributed by atoms with E-state index in [0.717, 1.165) is 10.7 Å². The number of hydrogen-bond donors (Lipinski definition) is 1. The number of aryl methyl sites for hydroxylation is 1. The highest BCUT2D eigenvalue weighted by Crippen LogP contribution is 2.27. The Bertz CT molecular complexity index is 510. The zero-order chi connectivity index (χ0) is 14.2. The van der Waals surface area contributed by atoms with Gasteiger partial charge in [0.05, 0.1) is 6.04 Å². The van der Waals surface area contributed by atoms with Gasteiger partial charge in [0, 0.05) is 24.0 Å². The Balaban J connectivity index is 2.27. The van der Waals surface area contributed by atoms with Crippen molar-refractivity contribution >= 4 is 23.2 Å². The van der Waals surface area contributed by atoms with Crippen LogP contribution in [0.3, 0.4) is 0 Å². The standard InChI is InChI=1S/C13H19N3O2S/c1-8-7-19-11(14-8)9(2)16-6-5-10(17)15-13(3,4)12(16)18/h7,9H,5-6H2,1-4H3,(H,15,17). The fourth-order valence-electron chi connectivity index (χ4n) is 2.21. The Hall–Kier alpha value is -1.43. The lowest BCUT2D eigenvalue weighted by Crippen LogP contribution is -2.53. The van der Waals surface area contributed by atoms with Gasteiger partial charge < -0.3 is 10.2 Å². The Morgan fingerprint density at radius 3 is 2.74 bits per heavy atom. The number of nitrogens with one attached hydrogen (secondary N) is 1. The van der Waals surface area contributed by atoms with Gasteiger partial charge in [-0.3, -0.25) is 9.59 Å². The first-order chi connectivity index (χ1) is 8.81. The number of hydrogen-bond acceptors (Lipinski definition) is 4. The van der Waals surface area contributed by atoms with Crippen LogP contribution in [0.2, 0.25) is 0 Å². The van der Waals surface area contributed by atoms with Crippen molar-refractivity contribution in [3.63, 3.8) is 0 Å². The predicted molar refractivity (Wildman–Crippen MR) is 73.8 cm³/mol. The second kappa shape index (κ2) is 4.92. The molecule has 1 N–H and O–H groups in total. The molecule has 0 aromatic carbocycles. The van der Waals surface area contributed by atoms with E-state index < -0.39 is 5.54 Å². The highest BCUT2D eigenvalue weighted by molar-refractivity contribution is 7.09. The fraction of sp³-hybridized carbons (Fsp3) is 0.615. The summed E-state index contributed by atoms with van der Waals surface area (Å²) in [6.45, 7) is 7.82. The summed E-state index contributed by atoms with van der Waals surface area (Å²) in [6.07, 6.45) is 0.337. The summed E-state index contributed by atoms with van der Waals surface area (Å²) in [5.41, 5.74) is 0.108. The van der Waals surface area contributed by atoms with Crippen molar-refractivity contribution < 1.29 is 9.59 Å². The minimum Gasteiger partial charge on any atom is -0.342 e. The largest absolute Gasteiger partial charge is 0.342 e. The molecule has 2 rings (SSSR count). The average Bonchev–Trinajstić information content (AvgIpc) is 2.70. The van der Waals surface area contributed by atoms with Crippen molar-refractivity contribution in [3.8, 4) is 0 Å². The van der Waals surface area contributed by atoms with Crippen molar-refractivity contribution in [2.45, 2.75) is 45.7 Å². The molecular formula is C13H19N3O2S. The van der Waals surface area contributed by atoms with Crippen LogP contribution in [-0.4, -0.2) is 33.8 Å². The van der Waals surface area contributed by atoms with Crippen LogP contribution >= 0.6 is 11.3 Å². The maximum atomic E-state index is 12.5. The lowest BCUT2D eigenvalue weighted by Gasteiger charge is -2.32. The van der Waals surface area contributed by atoms with Crippen LogP contribution in [-0.2, 0) is 9.59 Å². The van der Waals surface area contributed by atoms with Crippen LogP contribution in [0.25, 0.3) is 0 Å². The molecule has 2 heterocycles. The van der Waals surface area contributed by atoms with E-state index in [9.17, 15) is 9.59 Å². The topological polar surface area (TPSA) is 62.3 Å². The van der Waals surface area contributed by atoms with Gasteiger partial charge in [0.2, 0.25) is 11.8 Å². The third-order valence-electron chi connectivity index (χ3n) is 3.29. The molecule has 5 nitrogen and oxygen atoms in total. The number of rotatable bonds is 2. The van der Waals surface area contributed by atoms with Crippen LogP contribution in [0.1, 0.15) is 43.9 Å². The average molecular weight is 281 g/mol. The quantitative estimate of drug-likeness (QED) is 0.896. The zero-order valence-electron chi connectivity index (χ0n) is 11.7. The number of amides is 2. The summed E-state index contributed by atoms with van der Waals surface area (Å²) in [7, 11) is 0. The van der Waals surface area contributed by atoms with Gasteiger partial charge in [0.25, 0.3) is 0 Å². The molecule has 104 valence electrons. The second-order valence-corrected chi connectivity index (χ2v) is 6.31. The molecule has 6 heteroatoms. The second-order valence-electron chi connectivity index (χ2n) is 5.42. The summed E-state index contributed by atoms with van der Waals surface area (Å²) in [5, 5.41) is 5.65. The van der Waals surface area contributed by atoms with Gasteiger partial charge in [-0.1, -0.05) is 0 Å². The molecule has 2 amide bonds. The summed E-state index contributed by atoms with van der Waals surface area (Å²) in [6, 6.07) is -0.0989. The highest BCUT2D eigenvalue weighted by atomic mass is 32.1. The molecule has 1 atom stereocenters. The fourth-order valence-corrected chi connectivity index (χ4v) is 3.08. The third kappa shape index (κ3) is 2.78. The molecule has 1 aliphatic heterocycles.